The minimum absolute atomic E-state index is 0. The number of carbonyl (C=O) groups is 1. The van der Waals surface area contributed by atoms with Gasteiger partial charge in [0.05, 0.1) is 16.1 Å². The fourth-order valence-electron chi connectivity index (χ4n) is 2.20. The van der Waals surface area contributed by atoms with Crippen molar-refractivity contribution < 1.29 is 17.6 Å². The molecule has 0 radical (unpaired) electrons. The zero-order valence-corrected chi connectivity index (χ0v) is 15.0. The van der Waals surface area contributed by atoms with E-state index >= 15 is 0 Å². The molecule has 0 saturated heterocycles. The highest BCUT2D eigenvalue weighted by Gasteiger charge is 2.33. The molecule has 0 aliphatic carbocycles. The molecule has 1 rings (SSSR count). The molecule has 0 saturated carbocycles. The van der Waals surface area contributed by atoms with Crippen molar-refractivity contribution in [3.05, 3.63) is 30.1 Å². The number of amides is 1. The van der Waals surface area contributed by atoms with Crippen LogP contribution in [0.2, 0.25) is 0 Å². The molecular weight excluding hydrogens is 343 g/mol. The van der Waals surface area contributed by atoms with Crippen molar-refractivity contribution in [1.82, 2.24) is 5.32 Å². The van der Waals surface area contributed by atoms with E-state index in [4.69, 9.17) is 5.73 Å². The van der Waals surface area contributed by atoms with Crippen molar-refractivity contribution in [1.29, 1.82) is 0 Å². The molecule has 1 aromatic carbocycles. The number of hydrogen-bond acceptors (Lipinski definition) is 4. The number of rotatable bonds is 8. The van der Waals surface area contributed by atoms with E-state index < -0.39 is 21.1 Å². The molecule has 0 aliphatic heterocycles. The van der Waals surface area contributed by atoms with Crippen LogP contribution in [0.3, 0.4) is 0 Å². The monoisotopic (exact) mass is 366 g/mol. The standard InChI is InChI=1S/C15H23FN2O3S.ClH/c1-3-15(4-2,11-17)14(19)18-9-10-22(20,21)13-7-5-12(16)6-8-13;/h5-8H,3-4,9-11,17H2,1-2H3,(H,18,19);1H. The lowest BCUT2D eigenvalue weighted by Crippen LogP contribution is -2.46. The SMILES string of the molecule is CCC(CC)(CN)C(=O)NCCS(=O)(=O)c1ccc(F)cc1.Cl. The van der Waals surface area contributed by atoms with Crippen molar-refractivity contribution in [2.75, 3.05) is 18.8 Å². The van der Waals surface area contributed by atoms with Gasteiger partial charge in [-0.25, -0.2) is 12.8 Å². The molecule has 0 aliphatic rings. The average Bonchev–Trinajstić information content (AvgIpc) is 2.50. The van der Waals surface area contributed by atoms with E-state index in [2.05, 4.69) is 5.32 Å². The van der Waals surface area contributed by atoms with Crippen molar-refractivity contribution in [2.45, 2.75) is 31.6 Å². The summed E-state index contributed by atoms with van der Waals surface area (Å²) in [5, 5.41) is 2.64. The van der Waals surface area contributed by atoms with Crippen LogP contribution in [0.25, 0.3) is 0 Å². The molecule has 0 bridgehead atoms. The van der Waals surface area contributed by atoms with Crippen molar-refractivity contribution >= 4 is 28.2 Å². The fraction of sp³-hybridized carbons (Fsp3) is 0.533. The van der Waals surface area contributed by atoms with Gasteiger partial charge in [0.2, 0.25) is 5.91 Å². The fourth-order valence-corrected chi connectivity index (χ4v) is 3.36. The van der Waals surface area contributed by atoms with Gasteiger partial charge in [-0.05, 0) is 37.1 Å². The Balaban J connectivity index is 0.00000484. The third kappa shape index (κ3) is 5.44. The molecule has 1 amide bonds. The van der Waals surface area contributed by atoms with Gasteiger partial charge in [0, 0.05) is 13.1 Å². The number of sulfone groups is 1. The van der Waals surface area contributed by atoms with Gasteiger partial charge in [0.15, 0.2) is 9.84 Å². The molecule has 1 aromatic rings. The molecular formula is C15H24ClFN2O3S. The third-order valence-corrected chi connectivity index (χ3v) is 5.79. The lowest BCUT2D eigenvalue weighted by Gasteiger charge is -2.28. The lowest BCUT2D eigenvalue weighted by molar-refractivity contribution is -0.130. The number of benzene rings is 1. The van der Waals surface area contributed by atoms with Gasteiger partial charge in [0.25, 0.3) is 0 Å². The van der Waals surface area contributed by atoms with Crippen molar-refractivity contribution in [3.8, 4) is 0 Å². The molecule has 8 heteroatoms. The summed E-state index contributed by atoms with van der Waals surface area (Å²) in [5.41, 5.74) is 5.02. The highest BCUT2D eigenvalue weighted by atomic mass is 35.5. The van der Waals surface area contributed by atoms with Crippen LogP contribution < -0.4 is 11.1 Å². The Kier molecular flexibility index (Phi) is 8.73. The largest absolute Gasteiger partial charge is 0.355 e. The van der Waals surface area contributed by atoms with Gasteiger partial charge < -0.3 is 11.1 Å². The van der Waals surface area contributed by atoms with E-state index in [1.807, 2.05) is 13.8 Å². The Morgan fingerprint density at radius 1 is 1.22 bits per heavy atom. The van der Waals surface area contributed by atoms with Gasteiger partial charge in [0.1, 0.15) is 5.82 Å². The Hall–Kier alpha value is -1.18. The van der Waals surface area contributed by atoms with Crippen LogP contribution >= 0.6 is 12.4 Å². The van der Waals surface area contributed by atoms with Crippen LogP contribution in [0.1, 0.15) is 26.7 Å². The maximum absolute atomic E-state index is 12.8. The molecule has 23 heavy (non-hydrogen) atoms. The number of carbonyl (C=O) groups excluding carboxylic acids is 1. The van der Waals surface area contributed by atoms with E-state index in [1.54, 1.807) is 0 Å². The molecule has 5 nitrogen and oxygen atoms in total. The van der Waals surface area contributed by atoms with Crippen LogP contribution in [0.4, 0.5) is 4.39 Å². The minimum atomic E-state index is -3.55. The van der Waals surface area contributed by atoms with E-state index in [-0.39, 0.29) is 42.1 Å². The summed E-state index contributed by atoms with van der Waals surface area (Å²) in [6, 6.07) is 4.63. The first kappa shape index (κ1) is 21.8. The Labute approximate surface area is 143 Å². The van der Waals surface area contributed by atoms with Gasteiger partial charge in [-0.15, -0.1) is 12.4 Å². The summed E-state index contributed by atoms with van der Waals surface area (Å²) in [7, 11) is -3.55. The van der Waals surface area contributed by atoms with Crippen LogP contribution in [0.15, 0.2) is 29.2 Å². The van der Waals surface area contributed by atoms with Crippen LogP contribution in [0.5, 0.6) is 0 Å². The molecule has 0 spiro atoms. The quantitative estimate of drug-likeness (QED) is 0.688. The predicted molar refractivity (Wildman–Crippen MR) is 90.8 cm³/mol. The first-order valence-electron chi connectivity index (χ1n) is 7.28. The van der Waals surface area contributed by atoms with Gasteiger partial charge >= 0.3 is 0 Å². The number of hydrogen-bond donors (Lipinski definition) is 2. The number of nitrogens with one attached hydrogen (secondary N) is 1. The van der Waals surface area contributed by atoms with Crippen molar-refractivity contribution in [3.63, 3.8) is 0 Å². The molecule has 132 valence electrons. The third-order valence-electron chi connectivity index (χ3n) is 4.06. The second kappa shape index (κ2) is 9.20. The maximum Gasteiger partial charge on any atom is 0.227 e. The van der Waals surface area contributed by atoms with Gasteiger partial charge in [-0.1, -0.05) is 13.8 Å². The molecule has 0 heterocycles. The Morgan fingerprint density at radius 2 is 1.74 bits per heavy atom. The Morgan fingerprint density at radius 3 is 2.17 bits per heavy atom. The maximum atomic E-state index is 12.8. The zero-order chi connectivity index (χ0) is 16.8. The molecule has 0 fully saturated rings. The molecule has 0 unspecified atom stereocenters. The minimum Gasteiger partial charge on any atom is -0.355 e. The van der Waals surface area contributed by atoms with Crippen LogP contribution in [-0.4, -0.2) is 33.2 Å². The molecule has 3 N–H and O–H groups in total. The summed E-state index contributed by atoms with van der Waals surface area (Å²) < 4.78 is 37.0. The smallest absolute Gasteiger partial charge is 0.227 e. The summed E-state index contributed by atoms with van der Waals surface area (Å²) in [6.45, 7) is 3.98. The van der Waals surface area contributed by atoms with Crippen molar-refractivity contribution in [2.24, 2.45) is 11.1 Å². The van der Waals surface area contributed by atoms with Gasteiger partial charge in [-0.3, -0.25) is 4.79 Å². The zero-order valence-electron chi connectivity index (χ0n) is 13.3. The predicted octanol–water partition coefficient (Wildman–Crippen LogP) is 1.90. The van der Waals surface area contributed by atoms with E-state index in [9.17, 15) is 17.6 Å². The normalized spacial score (nSPS) is 11.7. The van der Waals surface area contributed by atoms with Crippen LogP contribution in [-0.2, 0) is 14.6 Å². The Bertz CT molecular complexity index is 593. The summed E-state index contributed by atoms with van der Waals surface area (Å²) in [4.78, 5) is 12.2. The second-order valence-corrected chi connectivity index (χ2v) is 7.33. The summed E-state index contributed by atoms with van der Waals surface area (Å²) in [6.07, 6.45) is 1.19. The van der Waals surface area contributed by atoms with E-state index in [1.165, 1.54) is 12.1 Å². The van der Waals surface area contributed by atoms with E-state index in [0.717, 1.165) is 12.1 Å². The number of nitrogens with two attached hydrogens (primary N) is 1. The highest BCUT2D eigenvalue weighted by Crippen LogP contribution is 2.24. The molecule has 0 aromatic heterocycles. The average molecular weight is 367 g/mol. The second-order valence-electron chi connectivity index (χ2n) is 5.22. The molecule has 0 atom stereocenters. The topological polar surface area (TPSA) is 89.3 Å². The number of halogens is 2. The highest BCUT2D eigenvalue weighted by molar-refractivity contribution is 7.91. The summed E-state index contributed by atoms with van der Waals surface area (Å²) in [5.74, 6) is -0.960. The van der Waals surface area contributed by atoms with Crippen LogP contribution in [0, 0.1) is 11.2 Å². The lowest BCUT2D eigenvalue weighted by atomic mass is 9.81. The van der Waals surface area contributed by atoms with E-state index in [0.29, 0.717) is 12.8 Å². The first-order chi connectivity index (χ1) is 10.3. The summed E-state index contributed by atoms with van der Waals surface area (Å²) >= 11 is 0. The first-order valence-corrected chi connectivity index (χ1v) is 8.93. The van der Waals surface area contributed by atoms with Gasteiger partial charge in [-0.2, -0.15) is 0 Å².